The SMILES string of the molecule is CC(C)(C)OC(=O)N1CCCC1C(=O)N1CCCC1C(=O)Nc1ccccc1. The van der Waals surface area contributed by atoms with Crippen molar-refractivity contribution >= 4 is 23.6 Å². The van der Waals surface area contributed by atoms with Crippen LogP contribution in [0.4, 0.5) is 10.5 Å². The predicted molar refractivity (Wildman–Crippen MR) is 106 cm³/mol. The van der Waals surface area contributed by atoms with Crippen LogP contribution in [0.3, 0.4) is 0 Å². The highest BCUT2D eigenvalue weighted by atomic mass is 16.6. The van der Waals surface area contributed by atoms with E-state index in [0.29, 0.717) is 31.6 Å². The lowest BCUT2D eigenvalue weighted by Gasteiger charge is -2.32. The summed E-state index contributed by atoms with van der Waals surface area (Å²) in [7, 11) is 0. The lowest BCUT2D eigenvalue weighted by Crippen LogP contribution is -2.52. The first-order valence-corrected chi connectivity index (χ1v) is 9.92. The summed E-state index contributed by atoms with van der Waals surface area (Å²) in [4.78, 5) is 41.6. The van der Waals surface area contributed by atoms with Crippen molar-refractivity contribution in [2.45, 2.75) is 64.1 Å². The van der Waals surface area contributed by atoms with Crippen LogP contribution in [-0.2, 0) is 14.3 Å². The Hall–Kier alpha value is -2.57. The van der Waals surface area contributed by atoms with Gasteiger partial charge in [-0.1, -0.05) is 18.2 Å². The molecule has 1 aromatic carbocycles. The first-order valence-electron chi connectivity index (χ1n) is 9.92. The monoisotopic (exact) mass is 387 g/mol. The molecule has 0 aromatic heterocycles. The van der Waals surface area contributed by atoms with Crippen molar-refractivity contribution in [2.75, 3.05) is 18.4 Å². The fourth-order valence-corrected chi connectivity index (χ4v) is 3.80. The number of likely N-dealkylation sites (tertiary alicyclic amines) is 2. The molecule has 3 amide bonds. The van der Waals surface area contributed by atoms with Crippen molar-refractivity contribution in [2.24, 2.45) is 0 Å². The maximum atomic E-state index is 13.2. The Morgan fingerprint density at radius 2 is 1.57 bits per heavy atom. The molecule has 0 bridgehead atoms. The highest BCUT2D eigenvalue weighted by Gasteiger charge is 2.43. The van der Waals surface area contributed by atoms with Crippen molar-refractivity contribution in [3.63, 3.8) is 0 Å². The van der Waals surface area contributed by atoms with Crippen molar-refractivity contribution in [3.05, 3.63) is 30.3 Å². The minimum Gasteiger partial charge on any atom is -0.444 e. The Balaban J connectivity index is 1.68. The van der Waals surface area contributed by atoms with Gasteiger partial charge in [0.2, 0.25) is 11.8 Å². The zero-order valence-electron chi connectivity index (χ0n) is 16.8. The molecule has 2 aliphatic heterocycles. The number of hydrogen-bond donors (Lipinski definition) is 1. The van der Waals surface area contributed by atoms with Crippen molar-refractivity contribution in [1.29, 1.82) is 0 Å². The maximum absolute atomic E-state index is 13.2. The number of nitrogens with one attached hydrogen (secondary N) is 1. The molecule has 2 aliphatic rings. The third kappa shape index (κ3) is 4.64. The Bertz CT molecular complexity index is 729. The molecule has 2 heterocycles. The summed E-state index contributed by atoms with van der Waals surface area (Å²) in [5.41, 5.74) is 0.0991. The van der Waals surface area contributed by atoms with Gasteiger partial charge < -0.3 is 15.0 Å². The van der Waals surface area contributed by atoms with Gasteiger partial charge in [-0.15, -0.1) is 0 Å². The average Bonchev–Trinajstić information content (AvgIpc) is 3.30. The molecule has 2 saturated heterocycles. The third-order valence-corrected chi connectivity index (χ3v) is 5.05. The lowest BCUT2D eigenvalue weighted by molar-refractivity contribution is -0.140. The third-order valence-electron chi connectivity index (χ3n) is 5.05. The van der Waals surface area contributed by atoms with E-state index >= 15 is 0 Å². The topological polar surface area (TPSA) is 79.0 Å². The van der Waals surface area contributed by atoms with Gasteiger partial charge >= 0.3 is 6.09 Å². The molecule has 7 heteroatoms. The summed E-state index contributed by atoms with van der Waals surface area (Å²) in [6.07, 6.45) is 2.29. The van der Waals surface area contributed by atoms with E-state index in [1.165, 1.54) is 4.90 Å². The number of benzene rings is 1. The van der Waals surface area contributed by atoms with Crippen molar-refractivity contribution in [3.8, 4) is 0 Å². The van der Waals surface area contributed by atoms with Crippen LogP contribution in [0, 0.1) is 0 Å². The quantitative estimate of drug-likeness (QED) is 0.865. The van der Waals surface area contributed by atoms with Crippen LogP contribution in [0.5, 0.6) is 0 Å². The molecule has 2 unspecified atom stereocenters. The molecule has 0 radical (unpaired) electrons. The molecular weight excluding hydrogens is 358 g/mol. The fraction of sp³-hybridized carbons (Fsp3) is 0.571. The number of rotatable bonds is 3. The summed E-state index contributed by atoms with van der Waals surface area (Å²) in [5.74, 6) is -0.340. The largest absolute Gasteiger partial charge is 0.444 e. The maximum Gasteiger partial charge on any atom is 0.410 e. The summed E-state index contributed by atoms with van der Waals surface area (Å²) >= 11 is 0. The van der Waals surface area contributed by atoms with Crippen LogP contribution in [-0.4, -0.2) is 58.5 Å². The van der Waals surface area contributed by atoms with E-state index in [9.17, 15) is 14.4 Å². The van der Waals surface area contributed by atoms with Crippen LogP contribution in [0.1, 0.15) is 46.5 Å². The number of hydrogen-bond acceptors (Lipinski definition) is 4. The number of para-hydroxylation sites is 1. The van der Waals surface area contributed by atoms with Gasteiger partial charge in [-0.05, 0) is 58.6 Å². The minimum absolute atomic E-state index is 0.158. The van der Waals surface area contributed by atoms with E-state index in [0.717, 1.165) is 12.8 Å². The molecule has 0 spiro atoms. The Morgan fingerprint density at radius 1 is 0.964 bits per heavy atom. The first kappa shape index (κ1) is 20.2. The zero-order valence-corrected chi connectivity index (χ0v) is 16.8. The number of anilines is 1. The molecule has 7 nitrogen and oxygen atoms in total. The van der Waals surface area contributed by atoms with Crippen LogP contribution < -0.4 is 5.32 Å². The minimum atomic E-state index is -0.612. The Labute approximate surface area is 166 Å². The fourth-order valence-electron chi connectivity index (χ4n) is 3.80. The first-order chi connectivity index (χ1) is 13.3. The van der Waals surface area contributed by atoms with E-state index in [4.69, 9.17) is 4.74 Å². The summed E-state index contributed by atoms with van der Waals surface area (Å²) in [5, 5.41) is 2.89. The van der Waals surface area contributed by atoms with Gasteiger partial charge in [0.1, 0.15) is 17.7 Å². The summed E-state index contributed by atoms with van der Waals surface area (Å²) in [6.45, 7) is 6.46. The highest BCUT2D eigenvalue weighted by molar-refractivity contribution is 5.98. The Morgan fingerprint density at radius 3 is 2.21 bits per heavy atom. The van der Waals surface area contributed by atoms with Gasteiger partial charge in [0, 0.05) is 18.8 Å². The second-order valence-electron chi connectivity index (χ2n) is 8.38. The predicted octanol–water partition coefficient (Wildman–Crippen LogP) is 3.02. The van der Waals surface area contributed by atoms with Crippen molar-refractivity contribution < 1.29 is 19.1 Å². The molecule has 152 valence electrons. The second-order valence-corrected chi connectivity index (χ2v) is 8.38. The Kier molecular flexibility index (Phi) is 5.91. The average molecular weight is 387 g/mol. The smallest absolute Gasteiger partial charge is 0.410 e. The highest BCUT2D eigenvalue weighted by Crippen LogP contribution is 2.27. The number of ether oxygens (including phenoxy) is 1. The van der Waals surface area contributed by atoms with Gasteiger partial charge in [0.15, 0.2) is 0 Å². The molecule has 2 atom stereocenters. The lowest BCUT2D eigenvalue weighted by atomic mass is 10.1. The van der Waals surface area contributed by atoms with E-state index in [-0.39, 0.29) is 11.8 Å². The van der Waals surface area contributed by atoms with E-state index in [2.05, 4.69) is 5.32 Å². The van der Waals surface area contributed by atoms with Gasteiger partial charge in [-0.3, -0.25) is 14.5 Å². The standard InChI is InChI=1S/C21H29N3O4/c1-21(2,3)28-20(27)24-14-8-12-17(24)19(26)23-13-7-11-16(23)18(25)22-15-9-5-4-6-10-15/h4-6,9-10,16-17H,7-8,11-14H2,1-3H3,(H,22,25). The number of carbonyl (C=O) groups is 3. The zero-order chi connectivity index (χ0) is 20.3. The van der Waals surface area contributed by atoms with Gasteiger partial charge in [-0.25, -0.2) is 4.79 Å². The number of amides is 3. The van der Waals surface area contributed by atoms with Crippen LogP contribution in [0.2, 0.25) is 0 Å². The summed E-state index contributed by atoms with van der Waals surface area (Å²) < 4.78 is 5.45. The van der Waals surface area contributed by atoms with E-state index in [1.807, 2.05) is 51.1 Å². The number of carbonyl (C=O) groups excluding carboxylic acids is 3. The molecular formula is C21H29N3O4. The van der Waals surface area contributed by atoms with Gasteiger partial charge in [-0.2, -0.15) is 0 Å². The molecule has 1 aromatic rings. The normalized spacial score (nSPS) is 22.2. The van der Waals surface area contributed by atoms with Gasteiger partial charge in [0.25, 0.3) is 0 Å². The molecule has 0 saturated carbocycles. The molecule has 2 fully saturated rings. The van der Waals surface area contributed by atoms with Crippen LogP contribution in [0.15, 0.2) is 30.3 Å². The van der Waals surface area contributed by atoms with Crippen LogP contribution in [0.25, 0.3) is 0 Å². The van der Waals surface area contributed by atoms with Crippen molar-refractivity contribution in [1.82, 2.24) is 9.80 Å². The second kappa shape index (κ2) is 8.20. The van der Waals surface area contributed by atoms with E-state index in [1.54, 1.807) is 4.90 Å². The number of nitrogens with zero attached hydrogens (tertiary/aromatic N) is 2. The molecule has 0 aliphatic carbocycles. The van der Waals surface area contributed by atoms with Gasteiger partial charge in [0.05, 0.1) is 0 Å². The summed E-state index contributed by atoms with van der Waals surface area (Å²) in [6, 6.07) is 8.16. The molecule has 1 N–H and O–H groups in total. The molecule has 28 heavy (non-hydrogen) atoms. The molecule has 3 rings (SSSR count). The van der Waals surface area contributed by atoms with Crippen LogP contribution >= 0.6 is 0 Å². The van der Waals surface area contributed by atoms with E-state index < -0.39 is 23.8 Å².